The highest BCUT2D eigenvalue weighted by Gasteiger charge is 1.95. The average Bonchev–Trinajstić information content (AvgIpc) is 2.04. The Morgan fingerprint density at radius 2 is 2.18 bits per heavy atom. The number of rotatable bonds is 5. The predicted octanol–water partition coefficient (Wildman–Crippen LogP) is 3.36. The molecule has 0 aromatic carbocycles. The zero-order chi connectivity index (χ0) is 8.69. The Bertz CT molecular complexity index is 116. The average molecular weight is 156 g/mol. The standard InChI is InChI=1S/C10H20O/c1-5-9(2)7-6-8-10(3)11-4/h8-9H,5-7H2,1-4H3/b10-8+. The largest absolute Gasteiger partial charge is 0.502 e. The van der Waals surface area contributed by atoms with Gasteiger partial charge in [-0.15, -0.1) is 0 Å². The molecule has 0 N–H and O–H groups in total. The van der Waals surface area contributed by atoms with Gasteiger partial charge in [-0.25, -0.2) is 0 Å². The molecule has 0 heterocycles. The smallest absolute Gasteiger partial charge is 0.0884 e. The van der Waals surface area contributed by atoms with Gasteiger partial charge in [0.25, 0.3) is 0 Å². The minimum atomic E-state index is 0.843. The fourth-order valence-electron chi connectivity index (χ4n) is 0.859. The molecule has 0 amide bonds. The van der Waals surface area contributed by atoms with Crippen LogP contribution in [0.4, 0.5) is 0 Å². The van der Waals surface area contributed by atoms with Crippen LogP contribution in [0.1, 0.15) is 40.0 Å². The molecule has 0 aliphatic rings. The number of hydrogen-bond donors (Lipinski definition) is 0. The van der Waals surface area contributed by atoms with E-state index >= 15 is 0 Å². The molecule has 0 saturated heterocycles. The van der Waals surface area contributed by atoms with E-state index in [-0.39, 0.29) is 0 Å². The molecule has 0 saturated carbocycles. The van der Waals surface area contributed by atoms with Crippen molar-refractivity contribution < 1.29 is 4.74 Å². The molecule has 11 heavy (non-hydrogen) atoms. The SMILES string of the molecule is CCC(C)CC/C=C(\C)OC. The summed E-state index contributed by atoms with van der Waals surface area (Å²) in [5, 5.41) is 0. The normalized spacial score (nSPS) is 14.7. The van der Waals surface area contributed by atoms with Gasteiger partial charge < -0.3 is 4.74 Å². The van der Waals surface area contributed by atoms with Gasteiger partial charge in [0.15, 0.2) is 0 Å². The van der Waals surface area contributed by atoms with Gasteiger partial charge in [-0.05, 0) is 31.8 Å². The van der Waals surface area contributed by atoms with Crippen LogP contribution in [0.15, 0.2) is 11.8 Å². The molecule has 0 radical (unpaired) electrons. The molecule has 66 valence electrons. The minimum absolute atomic E-state index is 0.843. The quantitative estimate of drug-likeness (QED) is 0.554. The van der Waals surface area contributed by atoms with Crippen LogP contribution in [-0.4, -0.2) is 7.11 Å². The molecule has 1 heteroatoms. The lowest BCUT2D eigenvalue weighted by Crippen LogP contribution is -1.90. The summed E-state index contributed by atoms with van der Waals surface area (Å²) >= 11 is 0. The maximum atomic E-state index is 5.03. The van der Waals surface area contributed by atoms with Gasteiger partial charge in [-0.1, -0.05) is 20.3 Å². The van der Waals surface area contributed by atoms with E-state index in [0.29, 0.717) is 0 Å². The van der Waals surface area contributed by atoms with Crippen LogP contribution in [0, 0.1) is 5.92 Å². The van der Waals surface area contributed by atoms with Crippen molar-refractivity contribution in [1.82, 2.24) is 0 Å². The zero-order valence-corrected chi connectivity index (χ0v) is 8.18. The number of ether oxygens (including phenoxy) is 1. The molecule has 0 aliphatic heterocycles. The summed E-state index contributed by atoms with van der Waals surface area (Å²) < 4.78 is 5.03. The summed E-state index contributed by atoms with van der Waals surface area (Å²) in [7, 11) is 1.72. The molecular formula is C10H20O. The summed E-state index contributed by atoms with van der Waals surface area (Å²) in [6, 6.07) is 0. The second-order valence-corrected chi connectivity index (χ2v) is 3.11. The van der Waals surface area contributed by atoms with Crippen LogP contribution >= 0.6 is 0 Å². The van der Waals surface area contributed by atoms with E-state index in [1.165, 1.54) is 12.8 Å². The van der Waals surface area contributed by atoms with Gasteiger partial charge in [0.2, 0.25) is 0 Å². The molecule has 0 aromatic heterocycles. The van der Waals surface area contributed by atoms with Crippen LogP contribution in [-0.2, 0) is 4.74 Å². The Morgan fingerprint density at radius 1 is 1.55 bits per heavy atom. The highest BCUT2D eigenvalue weighted by atomic mass is 16.5. The minimum Gasteiger partial charge on any atom is -0.502 e. The Hall–Kier alpha value is -0.460. The van der Waals surface area contributed by atoms with Crippen molar-refractivity contribution in [3.8, 4) is 0 Å². The van der Waals surface area contributed by atoms with Crippen molar-refractivity contribution in [3.63, 3.8) is 0 Å². The summed E-state index contributed by atoms with van der Waals surface area (Å²) in [6.07, 6.45) is 5.86. The van der Waals surface area contributed by atoms with Crippen LogP contribution in [0.3, 0.4) is 0 Å². The lowest BCUT2D eigenvalue weighted by Gasteiger charge is -2.05. The third-order valence-electron chi connectivity index (χ3n) is 2.11. The second kappa shape index (κ2) is 6.26. The topological polar surface area (TPSA) is 9.23 Å². The van der Waals surface area contributed by atoms with Crippen molar-refractivity contribution >= 4 is 0 Å². The van der Waals surface area contributed by atoms with E-state index in [1.54, 1.807) is 7.11 Å². The van der Waals surface area contributed by atoms with Crippen molar-refractivity contribution in [3.05, 3.63) is 11.8 Å². The Balaban J connectivity index is 3.39. The van der Waals surface area contributed by atoms with E-state index in [0.717, 1.165) is 18.1 Å². The third-order valence-corrected chi connectivity index (χ3v) is 2.11. The molecule has 0 aliphatic carbocycles. The van der Waals surface area contributed by atoms with Crippen molar-refractivity contribution in [1.29, 1.82) is 0 Å². The molecule has 0 spiro atoms. The van der Waals surface area contributed by atoms with Gasteiger partial charge in [0, 0.05) is 0 Å². The monoisotopic (exact) mass is 156 g/mol. The van der Waals surface area contributed by atoms with Crippen LogP contribution in [0.5, 0.6) is 0 Å². The summed E-state index contributed by atoms with van der Waals surface area (Å²) in [5.41, 5.74) is 0. The van der Waals surface area contributed by atoms with Crippen molar-refractivity contribution in [2.45, 2.75) is 40.0 Å². The highest BCUT2D eigenvalue weighted by molar-refractivity contribution is 4.87. The lowest BCUT2D eigenvalue weighted by atomic mass is 10.0. The van der Waals surface area contributed by atoms with E-state index in [4.69, 9.17) is 4.74 Å². The first kappa shape index (κ1) is 10.5. The van der Waals surface area contributed by atoms with E-state index in [9.17, 15) is 0 Å². The lowest BCUT2D eigenvalue weighted by molar-refractivity contribution is 0.291. The first-order valence-electron chi connectivity index (χ1n) is 4.41. The van der Waals surface area contributed by atoms with Gasteiger partial charge in [0.1, 0.15) is 0 Å². The maximum absolute atomic E-state index is 5.03. The van der Waals surface area contributed by atoms with E-state index in [1.807, 2.05) is 6.92 Å². The Kier molecular flexibility index (Phi) is 6.00. The maximum Gasteiger partial charge on any atom is 0.0884 e. The predicted molar refractivity (Wildman–Crippen MR) is 49.5 cm³/mol. The zero-order valence-electron chi connectivity index (χ0n) is 8.18. The first-order chi connectivity index (χ1) is 5.20. The number of hydrogen-bond acceptors (Lipinski definition) is 1. The summed E-state index contributed by atoms with van der Waals surface area (Å²) in [4.78, 5) is 0. The van der Waals surface area contributed by atoms with Gasteiger partial charge in [-0.2, -0.15) is 0 Å². The molecule has 0 aromatic rings. The van der Waals surface area contributed by atoms with Gasteiger partial charge >= 0.3 is 0 Å². The highest BCUT2D eigenvalue weighted by Crippen LogP contribution is 2.10. The molecule has 0 rings (SSSR count). The van der Waals surface area contributed by atoms with E-state index in [2.05, 4.69) is 19.9 Å². The molecular weight excluding hydrogens is 136 g/mol. The van der Waals surface area contributed by atoms with E-state index < -0.39 is 0 Å². The van der Waals surface area contributed by atoms with Crippen molar-refractivity contribution in [2.24, 2.45) is 5.92 Å². The van der Waals surface area contributed by atoms with Crippen LogP contribution < -0.4 is 0 Å². The Morgan fingerprint density at radius 3 is 2.64 bits per heavy atom. The summed E-state index contributed by atoms with van der Waals surface area (Å²) in [6.45, 7) is 6.52. The van der Waals surface area contributed by atoms with Crippen LogP contribution in [0.25, 0.3) is 0 Å². The van der Waals surface area contributed by atoms with Crippen LogP contribution in [0.2, 0.25) is 0 Å². The van der Waals surface area contributed by atoms with Gasteiger partial charge in [0.05, 0.1) is 12.9 Å². The van der Waals surface area contributed by atoms with Gasteiger partial charge in [-0.3, -0.25) is 0 Å². The van der Waals surface area contributed by atoms with Crippen molar-refractivity contribution in [2.75, 3.05) is 7.11 Å². The molecule has 0 bridgehead atoms. The molecule has 1 nitrogen and oxygen atoms in total. The fourth-order valence-corrected chi connectivity index (χ4v) is 0.859. The molecule has 1 atom stereocenters. The number of allylic oxidation sites excluding steroid dienone is 2. The number of methoxy groups -OCH3 is 1. The molecule has 1 unspecified atom stereocenters. The second-order valence-electron chi connectivity index (χ2n) is 3.11. The summed E-state index contributed by atoms with van der Waals surface area (Å²) in [5.74, 6) is 1.88. The molecule has 0 fully saturated rings. The fraction of sp³-hybridized carbons (Fsp3) is 0.800. The first-order valence-corrected chi connectivity index (χ1v) is 4.41. The third kappa shape index (κ3) is 5.96. The Labute approximate surface area is 70.4 Å².